The second-order valence-electron chi connectivity index (χ2n) is 13.0. The highest BCUT2D eigenvalue weighted by molar-refractivity contribution is 6.30. The highest BCUT2D eigenvalue weighted by Gasteiger charge is 2.23. The Kier molecular flexibility index (Phi) is 5.89. The van der Waals surface area contributed by atoms with Gasteiger partial charge in [0.05, 0.1) is 33.5 Å². The Hall–Kier alpha value is -6.98. The first-order valence-electron chi connectivity index (χ1n) is 17.2. The smallest absolute Gasteiger partial charge is 0.235 e. The first-order valence-corrected chi connectivity index (χ1v) is 17.2. The average molecular weight is 653 g/mol. The quantitative estimate of drug-likeness (QED) is 0.190. The van der Waals surface area contributed by atoms with E-state index in [2.05, 4.69) is 155 Å². The lowest BCUT2D eigenvalue weighted by molar-refractivity contribution is 0.669. The van der Waals surface area contributed by atoms with Crippen LogP contribution in [0, 0.1) is 0 Å². The monoisotopic (exact) mass is 652 g/mol. The van der Waals surface area contributed by atoms with Gasteiger partial charge in [0.2, 0.25) is 5.95 Å². The molecule has 0 aliphatic heterocycles. The maximum atomic E-state index is 6.49. The van der Waals surface area contributed by atoms with Gasteiger partial charge in [-0.1, -0.05) is 115 Å². The van der Waals surface area contributed by atoms with Crippen LogP contribution in [0.15, 0.2) is 174 Å². The van der Waals surface area contributed by atoms with Gasteiger partial charge in [0.25, 0.3) is 0 Å². The van der Waals surface area contributed by atoms with E-state index in [0.717, 1.165) is 83.0 Å². The summed E-state index contributed by atoms with van der Waals surface area (Å²) in [7, 11) is 0. The maximum absolute atomic E-state index is 6.49. The summed E-state index contributed by atoms with van der Waals surface area (Å²) < 4.78 is 11.1. The Morgan fingerprint density at radius 3 is 1.65 bits per heavy atom. The Morgan fingerprint density at radius 1 is 0.373 bits per heavy atom. The second-order valence-corrected chi connectivity index (χ2v) is 13.0. The molecule has 0 aliphatic carbocycles. The van der Waals surface area contributed by atoms with E-state index in [1.165, 1.54) is 10.8 Å². The van der Waals surface area contributed by atoms with E-state index in [4.69, 9.17) is 14.4 Å². The van der Waals surface area contributed by atoms with Gasteiger partial charge in [0, 0.05) is 55.2 Å². The van der Waals surface area contributed by atoms with Gasteiger partial charge in [0.1, 0.15) is 11.2 Å². The lowest BCUT2D eigenvalue weighted by Gasteiger charge is -2.12. The van der Waals surface area contributed by atoms with Crippen molar-refractivity contribution in [2.75, 3.05) is 0 Å². The predicted octanol–water partition coefficient (Wildman–Crippen LogP) is 11.9. The minimum Gasteiger partial charge on any atom is -0.456 e. The lowest BCUT2D eigenvalue weighted by Crippen LogP contribution is -2.04. The molecule has 0 spiro atoms. The minimum atomic E-state index is 0.608. The molecule has 0 bridgehead atoms. The number of rotatable bonds is 4. The van der Waals surface area contributed by atoms with E-state index < -0.39 is 0 Å². The van der Waals surface area contributed by atoms with Gasteiger partial charge in [0.15, 0.2) is 0 Å². The van der Waals surface area contributed by atoms with Crippen molar-refractivity contribution in [2.24, 2.45) is 0 Å². The van der Waals surface area contributed by atoms with Crippen LogP contribution >= 0.6 is 0 Å². The van der Waals surface area contributed by atoms with Crippen molar-refractivity contribution in [3.63, 3.8) is 0 Å². The molecule has 7 aromatic carbocycles. The van der Waals surface area contributed by atoms with E-state index in [0.29, 0.717) is 5.95 Å². The van der Waals surface area contributed by atoms with E-state index in [-0.39, 0.29) is 0 Å². The number of fused-ring (bicyclic) bond motifs is 10. The normalized spacial score (nSPS) is 11.9. The van der Waals surface area contributed by atoms with Gasteiger partial charge in [-0.2, -0.15) is 0 Å². The Bertz CT molecular complexity index is 3060. The molecule has 0 N–H and O–H groups in total. The zero-order chi connectivity index (χ0) is 33.5. The SMILES string of the molecule is c1ccc(-c2cc(-c3ccccc3)nc(-n3c4cc5oc6ccccc6c5cc4c4c5c6ccccc6n(-c6ccccc6)c5ccc43)n2)cc1. The highest BCUT2D eigenvalue weighted by atomic mass is 16.3. The standard InChI is InChI=1S/C46H28N4O/c1-4-14-29(15-5-1)36-27-37(30-16-6-2-7-17-30)48-46(47-36)50-40-25-24-39-44(33-21-10-12-22-38(33)49(39)31-18-8-3-9-19-31)45(40)35-26-34-32-20-11-13-23-42(32)51-43(34)28-41(35)50/h1-28H. The summed E-state index contributed by atoms with van der Waals surface area (Å²) in [6, 6.07) is 59.4. The van der Waals surface area contributed by atoms with Crippen LogP contribution < -0.4 is 0 Å². The second kappa shape index (κ2) is 10.8. The van der Waals surface area contributed by atoms with Crippen LogP contribution in [0.3, 0.4) is 0 Å². The fourth-order valence-corrected chi connectivity index (χ4v) is 7.90. The molecular weight excluding hydrogens is 625 g/mol. The zero-order valence-corrected chi connectivity index (χ0v) is 27.4. The third kappa shape index (κ3) is 4.15. The molecule has 0 amide bonds. The molecule has 0 aliphatic rings. The molecular formula is C46H28N4O. The van der Waals surface area contributed by atoms with Crippen molar-refractivity contribution in [3.8, 4) is 34.2 Å². The third-order valence-corrected chi connectivity index (χ3v) is 10.1. The number of hydrogen-bond donors (Lipinski definition) is 0. The molecule has 238 valence electrons. The number of para-hydroxylation sites is 3. The Morgan fingerprint density at radius 2 is 0.941 bits per heavy atom. The number of aromatic nitrogens is 4. The highest BCUT2D eigenvalue weighted by Crippen LogP contribution is 2.44. The third-order valence-electron chi connectivity index (χ3n) is 10.1. The minimum absolute atomic E-state index is 0.608. The van der Waals surface area contributed by atoms with Crippen LogP contribution in [-0.4, -0.2) is 19.1 Å². The van der Waals surface area contributed by atoms with Crippen LogP contribution in [0.4, 0.5) is 0 Å². The Balaban J connectivity index is 1.33. The fraction of sp³-hybridized carbons (Fsp3) is 0. The van der Waals surface area contributed by atoms with Gasteiger partial charge in [-0.3, -0.25) is 4.57 Å². The number of nitrogens with zero attached hydrogens (tertiary/aromatic N) is 4. The van der Waals surface area contributed by atoms with Crippen LogP contribution in [0.25, 0.3) is 99.7 Å². The van der Waals surface area contributed by atoms with Crippen LogP contribution in [-0.2, 0) is 0 Å². The van der Waals surface area contributed by atoms with E-state index in [1.54, 1.807) is 0 Å². The summed E-state index contributed by atoms with van der Waals surface area (Å²) in [5, 5.41) is 6.87. The van der Waals surface area contributed by atoms with Crippen molar-refractivity contribution in [1.29, 1.82) is 0 Å². The number of benzene rings is 7. The first-order chi connectivity index (χ1) is 25.3. The number of hydrogen-bond acceptors (Lipinski definition) is 3. The van der Waals surface area contributed by atoms with Crippen LogP contribution in [0.5, 0.6) is 0 Å². The first kappa shape index (κ1) is 27.9. The van der Waals surface area contributed by atoms with E-state index >= 15 is 0 Å². The molecule has 0 atom stereocenters. The molecule has 11 aromatic rings. The topological polar surface area (TPSA) is 48.8 Å². The van der Waals surface area contributed by atoms with Crippen LogP contribution in [0.2, 0.25) is 0 Å². The molecule has 4 heterocycles. The van der Waals surface area contributed by atoms with E-state index in [9.17, 15) is 0 Å². The van der Waals surface area contributed by atoms with Crippen molar-refractivity contribution < 1.29 is 4.42 Å². The molecule has 0 saturated heterocycles. The number of furan rings is 1. The zero-order valence-electron chi connectivity index (χ0n) is 27.4. The molecule has 11 rings (SSSR count). The van der Waals surface area contributed by atoms with Gasteiger partial charge in [-0.15, -0.1) is 0 Å². The maximum Gasteiger partial charge on any atom is 0.235 e. The summed E-state index contributed by atoms with van der Waals surface area (Å²) >= 11 is 0. The molecule has 5 heteroatoms. The molecule has 4 aromatic heterocycles. The largest absolute Gasteiger partial charge is 0.456 e. The molecule has 0 unspecified atom stereocenters. The van der Waals surface area contributed by atoms with Gasteiger partial charge >= 0.3 is 0 Å². The molecule has 51 heavy (non-hydrogen) atoms. The van der Waals surface area contributed by atoms with Crippen LogP contribution in [0.1, 0.15) is 0 Å². The predicted molar refractivity (Wildman–Crippen MR) is 209 cm³/mol. The van der Waals surface area contributed by atoms with Crippen molar-refractivity contribution in [3.05, 3.63) is 170 Å². The summed E-state index contributed by atoms with van der Waals surface area (Å²) in [5.74, 6) is 0.608. The van der Waals surface area contributed by atoms with Crippen molar-refractivity contribution in [1.82, 2.24) is 19.1 Å². The summed E-state index contributed by atoms with van der Waals surface area (Å²) in [6.07, 6.45) is 0. The van der Waals surface area contributed by atoms with Crippen molar-refractivity contribution >= 4 is 65.6 Å². The van der Waals surface area contributed by atoms with Gasteiger partial charge in [-0.05, 0) is 48.5 Å². The summed E-state index contributed by atoms with van der Waals surface area (Å²) in [5.41, 5.74) is 11.0. The molecule has 0 saturated carbocycles. The summed E-state index contributed by atoms with van der Waals surface area (Å²) in [4.78, 5) is 10.6. The molecule has 0 fully saturated rings. The lowest BCUT2D eigenvalue weighted by atomic mass is 10.0. The van der Waals surface area contributed by atoms with Crippen molar-refractivity contribution in [2.45, 2.75) is 0 Å². The molecule has 5 nitrogen and oxygen atoms in total. The fourth-order valence-electron chi connectivity index (χ4n) is 7.90. The average Bonchev–Trinajstić information content (AvgIpc) is 3.85. The van der Waals surface area contributed by atoms with E-state index in [1.807, 2.05) is 24.3 Å². The van der Waals surface area contributed by atoms with Gasteiger partial charge in [-0.25, -0.2) is 9.97 Å². The molecule has 0 radical (unpaired) electrons. The summed E-state index contributed by atoms with van der Waals surface area (Å²) in [6.45, 7) is 0. The Labute approximate surface area is 292 Å². The van der Waals surface area contributed by atoms with Gasteiger partial charge < -0.3 is 8.98 Å².